The first-order chi connectivity index (χ1) is 15.4. The van der Waals surface area contributed by atoms with Gasteiger partial charge in [0, 0.05) is 30.5 Å². The van der Waals surface area contributed by atoms with Gasteiger partial charge in [-0.05, 0) is 51.0 Å². The number of imidazole rings is 1. The van der Waals surface area contributed by atoms with Crippen LogP contribution in [0.3, 0.4) is 0 Å². The molecule has 4 rings (SSSR count). The van der Waals surface area contributed by atoms with E-state index in [2.05, 4.69) is 21.8 Å². The molecule has 1 aliphatic carbocycles. The second-order valence-electron chi connectivity index (χ2n) is 8.25. The summed E-state index contributed by atoms with van der Waals surface area (Å²) in [7, 11) is -3.54. The van der Waals surface area contributed by atoms with Crippen molar-refractivity contribution in [2.75, 3.05) is 37.4 Å². The summed E-state index contributed by atoms with van der Waals surface area (Å²) < 4.78 is 34.4. The number of hydrogen-bond donors (Lipinski definition) is 1. The molecule has 0 atom stereocenters. The molecule has 1 aromatic heterocycles. The molecule has 2 fully saturated rings. The Labute approximate surface area is 193 Å². The Hall–Kier alpha value is -1.88. The summed E-state index contributed by atoms with van der Waals surface area (Å²) in [4.78, 5) is 17.4. The first kappa shape index (κ1) is 23.3. The van der Waals surface area contributed by atoms with E-state index in [1.165, 1.54) is 46.7 Å². The van der Waals surface area contributed by atoms with Crippen molar-refractivity contribution in [1.82, 2.24) is 13.9 Å². The summed E-state index contributed by atoms with van der Waals surface area (Å²) in [6, 6.07) is 6.80. The third-order valence-electron chi connectivity index (χ3n) is 6.12. The molecular formula is C22H30N4O4S2. The maximum absolute atomic E-state index is 12.7. The van der Waals surface area contributed by atoms with E-state index in [1.807, 2.05) is 6.92 Å². The van der Waals surface area contributed by atoms with Gasteiger partial charge in [0.25, 0.3) is 0 Å². The third kappa shape index (κ3) is 5.03. The number of nitrogens with zero attached hydrogens (tertiary/aromatic N) is 3. The number of anilines is 1. The van der Waals surface area contributed by atoms with Crippen LogP contribution in [0.15, 0.2) is 34.3 Å². The van der Waals surface area contributed by atoms with E-state index in [1.54, 1.807) is 12.1 Å². The van der Waals surface area contributed by atoms with Crippen LogP contribution in [0, 0.1) is 13.8 Å². The van der Waals surface area contributed by atoms with Crippen molar-refractivity contribution in [3.63, 3.8) is 0 Å². The van der Waals surface area contributed by atoms with Crippen molar-refractivity contribution in [2.45, 2.75) is 55.6 Å². The molecule has 0 bridgehead atoms. The van der Waals surface area contributed by atoms with Gasteiger partial charge >= 0.3 is 0 Å². The second-order valence-corrected chi connectivity index (χ2v) is 11.1. The summed E-state index contributed by atoms with van der Waals surface area (Å²) in [5, 5.41) is 3.75. The fraction of sp³-hybridized carbons (Fsp3) is 0.545. The molecule has 0 unspecified atom stereocenters. The van der Waals surface area contributed by atoms with Crippen LogP contribution in [0.4, 0.5) is 5.69 Å². The highest BCUT2D eigenvalue weighted by molar-refractivity contribution is 7.99. The van der Waals surface area contributed by atoms with Crippen LogP contribution in [0.2, 0.25) is 0 Å². The average molecular weight is 479 g/mol. The molecule has 32 heavy (non-hydrogen) atoms. The maximum Gasteiger partial charge on any atom is 0.243 e. The number of thioether (sulfide) groups is 1. The van der Waals surface area contributed by atoms with Gasteiger partial charge < -0.3 is 14.6 Å². The molecule has 174 valence electrons. The first-order valence-electron chi connectivity index (χ1n) is 11.0. The topological polar surface area (TPSA) is 93.5 Å². The predicted molar refractivity (Wildman–Crippen MR) is 125 cm³/mol. The zero-order valence-corrected chi connectivity index (χ0v) is 20.2. The molecule has 2 aliphatic rings. The number of carbonyl (C=O) groups excluding carboxylic acids is 1. The van der Waals surface area contributed by atoms with Crippen molar-refractivity contribution in [2.24, 2.45) is 0 Å². The Morgan fingerprint density at radius 1 is 1.16 bits per heavy atom. The normalized spacial score (nSPS) is 18.2. The van der Waals surface area contributed by atoms with Gasteiger partial charge in [0.15, 0.2) is 5.16 Å². The number of amides is 1. The Morgan fingerprint density at radius 3 is 2.47 bits per heavy atom. The second kappa shape index (κ2) is 9.94. The molecule has 0 radical (unpaired) electrons. The molecule has 1 saturated heterocycles. The number of nitrogens with one attached hydrogen (secondary N) is 1. The van der Waals surface area contributed by atoms with E-state index in [9.17, 15) is 13.2 Å². The smallest absolute Gasteiger partial charge is 0.243 e. The van der Waals surface area contributed by atoms with E-state index in [-0.39, 0.29) is 16.6 Å². The molecule has 0 spiro atoms. The zero-order valence-electron chi connectivity index (χ0n) is 18.5. The van der Waals surface area contributed by atoms with E-state index in [0.29, 0.717) is 38.0 Å². The van der Waals surface area contributed by atoms with Gasteiger partial charge in [-0.3, -0.25) is 4.79 Å². The van der Waals surface area contributed by atoms with Crippen molar-refractivity contribution >= 4 is 33.4 Å². The lowest BCUT2D eigenvalue weighted by molar-refractivity contribution is -0.113. The predicted octanol–water partition coefficient (Wildman–Crippen LogP) is 3.37. The number of benzene rings is 1. The number of carbonyl (C=O) groups is 1. The number of morpholine rings is 1. The third-order valence-corrected chi connectivity index (χ3v) is 8.99. The lowest BCUT2D eigenvalue weighted by Gasteiger charge is -2.26. The number of sulfonamides is 1. The largest absolute Gasteiger partial charge is 0.379 e. The Morgan fingerprint density at radius 2 is 1.81 bits per heavy atom. The van der Waals surface area contributed by atoms with Gasteiger partial charge in [0.05, 0.1) is 29.6 Å². The Bertz CT molecular complexity index is 1050. The number of hydrogen-bond acceptors (Lipinski definition) is 6. The van der Waals surface area contributed by atoms with Crippen LogP contribution < -0.4 is 5.32 Å². The highest BCUT2D eigenvalue weighted by atomic mass is 32.2. The molecule has 2 heterocycles. The average Bonchev–Trinajstić information content (AvgIpc) is 3.41. The molecule has 1 saturated carbocycles. The van der Waals surface area contributed by atoms with Gasteiger partial charge in [-0.25, -0.2) is 13.4 Å². The Balaban J connectivity index is 1.36. The van der Waals surface area contributed by atoms with Gasteiger partial charge in [0.2, 0.25) is 15.9 Å². The Kier molecular flexibility index (Phi) is 7.24. The SMILES string of the molecule is Cc1nc(SCC(=O)Nc2ccc(S(=O)(=O)N3CCOCC3)cc2)n(C2CCCC2)c1C. The standard InChI is InChI=1S/C22H30N4O4S2/c1-16-17(2)26(19-5-3-4-6-19)22(23-16)31-15-21(27)24-18-7-9-20(10-8-18)32(28,29)25-11-13-30-14-12-25/h7-10,19H,3-6,11-15H2,1-2H3,(H,24,27). The van der Waals surface area contributed by atoms with Crippen LogP contribution in [-0.2, 0) is 19.6 Å². The molecule has 8 nitrogen and oxygen atoms in total. The van der Waals surface area contributed by atoms with E-state index >= 15 is 0 Å². The number of ether oxygens (including phenoxy) is 1. The molecule has 1 aliphatic heterocycles. The summed E-state index contributed by atoms with van der Waals surface area (Å²) in [5.74, 6) is 0.103. The van der Waals surface area contributed by atoms with E-state index in [4.69, 9.17) is 4.74 Å². The zero-order chi connectivity index (χ0) is 22.7. The first-order valence-corrected chi connectivity index (χ1v) is 13.4. The van der Waals surface area contributed by atoms with Gasteiger partial charge in [-0.15, -0.1) is 0 Å². The minimum absolute atomic E-state index is 0.143. The van der Waals surface area contributed by atoms with Gasteiger partial charge in [0.1, 0.15) is 0 Å². The fourth-order valence-electron chi connectivity index (χ4n) is 4.26. The van der Waals surface area contributed by atoms with Crippen LogP contribution >= 0.6 is 11.8 Å². The van der Waals surface area contributed by atoms with Crippen LogP contribution in [0.5, 0.6) is 0 Å². The van der Waals surface area contributed by atoms with E-state index < -0.39 is 10.0 Å². The summed E-state index contributed by atoms with van der Waals surface area (Å²) in [6.45, 7) is 5.63. The summed E-state index contributed by atoms with van der Waals surface area (Å²) >= 11 is 1.45. The minimum Gasteiger partial charge on any atom is -0.379 e. The molecule has 1 amide bonds. The van der Waals surface area contributed by atoms with Gasteiger partial charge in [-0.2, -0.15) is 4.31 Å². The number of rotatable bonds is 7. The highest BCUT2D eigenvalue weighted by Crippen LogP contribution is 2.35. The monoisotopic (exact) mass is 478 g/mol. The molecule has 1 N–H and O–H groups in total. The highest BCUT2D eigenvalue weighted by Gasteiger charge is 2.26. The molecular weight excluding hydrogens is 448 g/mol. The number of aryl methyl sites for hydroxylation is 1. The maximum atomic E-state index is 12.7. The summed E-state index contributed by atoms with van der Waals surface area (Å²) in [5.41, 5.74) is 2.76. The van der Waals surface area contributed by atoms with Crippen molar-refractivity contribution < 1.29 is 17.9 Å². The van der Waals surface area contributed by atoms with Crippen LogP contribution in [0.25, 0.3) is 0 Å². The number of aromatic nitrogens is 2. The van der Waals surface area contributed by atoms with Crippen molar-refractivity contribution in [3.05, 3.63) is 35.7 Å². The lowest BCUT2D eigenvalue weighted by Crippen LogP contribution is -2.40. The molecule has 10 heteroatoms. The molecule has 1 aromatic carbocycles. The van der Waals surface area contributed by atoms with Crippen LogP contribution in [-0.4, -0.2) is 60.2 Å². The summed E-state index contributed by atoms with van der Waals surface area (Å²) in [6.07, 6.45) is 4.80. The van der Waals surface area contributed by atoms with Crippen molar-refractivity contribution in [3.8, 4) is 0 Å². The fourth-order valence-corrected chi connectivity index (χ4v) is 6.63. The van der Waals surface area contributed by atoms with Crippen molar-refractivity contribution in [1.29, 1.82) is 0 Å². The van der Waals surface area contributed by atoms with Crippen LogP contribution in [0.1, 0.15) is 43.1 Å². The minimum atomic E-state index is -3.54. The molecule has 2 aromatic rings. The quantitative estimate of drug-likeness (QED) is 0.614. The lowest BCUT2D eigenvalue weighted by atomic mass is 10.2. The van der Waals surface area contributed by atoms with Gasteiger partial charge in [-0.1, -0.05) is 24.6 Å². The van der Waals surface area contributed by atoms with E-state index in [0.717, 1.165) is 23.7 Å².